The van der Waals surface area contributed by atoms with Gasteiger partial charge in [0.15, 0.2) is 0 Å². The molecule has 0 saturated heterocycles. The zero-order valence-corrected chi connectivity index (χ0v) is 10.7. The van der Waals surface area contributed by atoms with Crippen molar-refractivity contribution < 1.29 is 9.53 Å². The van der Waals surface area contributed by atoms with Gasteiger partial charge < -0.3 is 4.74 Å². The molecule has 0 N–H and O–H groups in total. The normalized spacial score (nSPS) is 10.4. The van der Waals surface area contributed by atoms with Crippen LogP contribution in [0.1, 0.15) is 10.5 Å². The average molecular weight is 269 g/mol. The van der Waals surface area contributed by atoms with Crippen LogP contribution in [-0.4, -0.2) is 30.7 Å². The van der Waals surface area contributed by atoms with Crippen molar-refractivity contribution in [3.63, 3.8) is 0 Å². The number of aryl methyl sites for hydroxylation is 1. The average Bonchev–Trinajstić information content (AvgIpc) is 3.09. The molecule has 0 saturated carbocycles. The summed E-state index contributed by atoms with van der Waals surface area (Å²) in [6, 6.07) is 8.64. The summed E-state index contributed by atoms with van der Waals surface area (Å²) >= 11 is 0. The number of rotatable bonds is 3. The fourth-order valence-corrected chi connectivity index (χ4v) is 1.77. The number of ether oxygens (including phenoxy) is 1. The summed E-state index contributed by atoms with van der Waals surface area (Å²) in [5.41, 5.74) is 1.15. The highest BCUT2D eigenvalue weighted by Crippen LogP contribution is 2.17. The number of hydrogen-bond donors (Lipinski definition) is 0. The number of aromatic nitrogens is 5. The Hall–Kier alpha value is -2.96. The van der Waals surface area contributed by atoms with E-state index in [0.717, 1.165) is 5.69 Å². The molecule has 1 aromatic carbocycles. The molecule has 0 radical (unpaired) electrons. The number of nitrogens with zero attached hydrogens (tertiary/aromatic N) is 5. The maximum atomic E-state index is 12.0. The van der Waals surface area contributed by atoms with E-state index in [-0.39, 0.29) is 0 Å². The van der Waals surface area contributed by atoms with Crippen LogP contribution in [0.3, 0.4) is 0 Å². The molecule has 0 aliphatic heterocycles. The van der Waals surface area contributed by atoms with E-state index in [1.165, 1.54) is 4.68 Å². The van der Waals surface area contributed by atoms with Crippen molar-refractivity contribution in [2.45, 2.75) is 0 Å². The van der Waals surface area contributed by atoms with Gasteiger partial charge in [-0.3, -0.25) is 4.68 Å². The van der Waals surface area contributed by atoms with Crippen molar-refractivity contribution in [3.8, 4) is 11.4 Å². The van der Waals surface area contributed by atoms with Crippen molar-refractivity contribution in [2.24, 2.45) is 7.05 Å². The van der Waals surface area contributed by atoms with E-state index in [1.807, 2.05) is 6.07 Å². The highest BCUT2D eigenvalue weighted by Gasteiger charge is 2.12. The lowest BCUT2D eigenvalue weighted by atomic mass is 10.3. The molecule has 0 amide bonds. The van der Waals surface area contributed by atoms with Gasteiger partial charge in [0.25, 0.3) is 0 Å². The summed E-state index contributed by atoms with van der Waals surface area (Å²) in [4.78, 5) is 12.0. The van der Waals surface area contributed by atoms with E-state index in [4.69, 9.17) is 4.74 Å². The molecule has 2 aromatic heterocycles. The Morgan fingerprint density at radius 2 is 2.15 bits per heavy atom. The maximum Gasteiger partial charge on any atom is 0.361 e. The van der Waals surface area contributed by atoms with Gasteiger partial charge in [-0.05, 0) is 18.2 Å². The van der Waals surface area contributed by atoms with Crippen LogP contribution in [0.4, 0.5) is 0 Å². The van der Waals surface area contributed by atoms with Gasteiger partial charge in [-0.1, -0.05) is 11.3 Å². The molecule has 3 aromatic rings. The van der Waals surface area contributed by atoms with E-state index in [9.17, 15) is 4.79 Å². The summed E-state index contributed by atoms with van der Waals surface area (Å²) in [6.07, 6.45) is 4.83. The van der Waals surface area contributed by atoms with Crippen LogP contribution in [0.5, 0.6) is 5.75 Å². The molecule has 20 heavy (non-hydrogen) atoms. The van der Waals surface area contributed by atoms with E-state index < -0.39 is 5.97 Å². The molecule has 100 valence electrons. The van der Waals surface area contributed by atoms with Crippen LogP contribution in [0.15, 0.2) is 48.9 Å². The van der Waals surface area contributed by atoms with Crippen molar-refractivity contribution in [3.05, 3.63) is 54.6 Å². The van der Waals surface area contributed by atoms with Crippen LogP contribution in [-0.2, 0) is 7.05 Å². The first-order valence-corrected chi connectivity index (χ1v) is 5.91. The zero-order valence-electron chi connectivity index (χ0n) is 10.7. The molecule has 3 rings (SSSR count). The Bertz CT molecular complexity index is 733. The van der Waals surface area contributed by atoms with Gasteiger partial charge in [-0.2, -0.15) is 5.10 Å². The van der Waals surface area contributed by atoms with E-state index in [2.05, 4.69) is 15.4 Å². The summed E-state index contributed by atoms with van der Waals surface area (Å²) in [6.45, 7) is 0. The molecule has 2 heterocycles. The standard InChI is InChI=1S/C13H11N5O2/c1-17-12(5-6-15-17)13(19)20-11-4-2-3-10(9-11)18-8-7-14-16-18/h2-9H,1H3. The molecule has 0 fully saturated rings. The zero-order chi connectivity index (χ0) is 13.9. The molecular weight excluding hydrogens is 258 g/mol. The first-order valence-electron chi connectivity index (χ1n) is 5.91. The Morgan fingerprint density at radius 3 is 2.85 bits per heavy atom. The highest BCUT2D eigenvalue weighted by atomic mass is 16.5. The smallest absolute Gasteiger partial charge is 0.361 e. The maximum absolute atomic E-state index is 12.0. The number of carbonyl (C=O) groups is 1. The molecule has 0 aliphatic rings. The van der Waals surface area contributed by atoms with E-state index in [0.29, 0.717) is 11.4 Å². The van der Waals surface area contributed by atoms with Gasteiger partial charge in [0.1, 0.15) is 11.4 Å². The fourth-order valence-electron chi connectivity index (χ4n) is 1.77. The van der Waals surface area contributed by atoms with Crippen molar-refractivity contribution in [1.82, 2.24) is 24.8 Å². The minimum Gasteiger partial charge on any atom is -0.422 e. The first-order chi connectivity index (χ1) is 9.74. The summed E-state index contributed by atoms with van der Waals surface area (Å²) in [5.74, 6) is -0.0232. The first kappa shape index (κ1) is 12.1. The second-order valence-electron chi connectivity index (χ2n) is 4.07. The third kappa shape index (κ3) is 2.28. The SMILES string of the molecule is Cn1nccc1C(=O)Oc1cccc(-n2ccnn2)c1. The van der Waals surface area contributed by atoms with Crippen LogP contribution < -0.4 is 4.74 Å². The van der Waals surface area contributed by atoms with Gasteiger partial charge in [0, 0.05) is 19.3 Å². The predicted molar refractivity (Wildman–Crippen MR) is 69.5 cm³/mol. The number of benzene rings is 1. The Labute approximate surface area is 114 Å². The minimum absolute atomic E-state index is 0.385. The third-order valence-corrected chi connectivity index (χ3v) is 2.75. The van der Waals surface area contributed by atoms with Gasteiger partial charge in [-0.15, -0.1) is 5.10 Å². The largest absolute Gasteiger partial charge is 0.422 e. The van der Waals surface area contributed by atoms with Crippen LogP contribution in [0.25, 0.3) is 5.69 Å². The van der Waals surface area contributed by atoms with Gasteiger partial charge in [0.2, 0.25) is 0 Å². The molecule has 0 bridgehead atoms. The Balaban J connectivity index is 1.83. The van der Waals surface area contributed by atoms with Crippen LogP contribution in [0.2, 0.25) is 0 Å². The summed E-state index contributed by atoms with van der Waals surface area (Å²) < 4.78 is 8.36. The van der Waals surface area contributed by atoms with E-state index >= 15 is 0 Å². The lowest BCUT2D eigenvalue weighted by Gasteiger charge is -2.06. The number of hydrogen-bond acceptors (Lipinski definition) is 5. The molecular formula is C13H11N5O2. The lowest BCUT2D eigenvalue weighted by molar-refractivity contribution is 0.0723. The molecule has 0 spiro atoms. The Kier molecular flexibility index (Phi) is 3.00. The van der Waals surface area contributed by atoms with Crippen LogP contribution in [0, 0.1) is 0 Å². The molecule has 7 nitrogen and oxygen atoms in total. The molecule has 0 atom stereocenters. The quantitative estimate of drug-likeness (QED) is 0.528. The van der Waals surface area contributed by atoms with Crippen molar-refractivity contribution in [2.75, 3.05) is 0 Å². The number of carbonyl (C=O) groups excluding carboxylic acids is 1. The van der Waals surface area contributed by atoms with Crippen LogP contribution >= 0.6 is 0 Å². The summed E-state index contributed by atoms with van der Waals surface area (Å²) in [5, 5.41) is 11.5. The third-order valence-electron chi connectivity index (χ3n) is 2.75. The lowest BCUT2D eigenvalue weighted by Crippen LogP contribution is -2.13. The second-order valence-corrected chi connectivity index (χ2v) is 4.07. The monoisotopic (exact) mass is 269 g/mol. The Morgan fingerprint density at radius 1 is 1.25 bits per heavy atom. The molecule has 0 aliphatic carbocycles. The van der Waals surface area contributed by atoms with Gasteiger partial charge in [0.05, 0.1) is 18.1 Å². The van der Waals surface area contributed by atoms with Crippen molar-refractivity contribution in [1.29, 1.82) is 0 Å². The van der Waals surface area contributed by atoms with Gasteiger partial charge >= 0.3 is 5.97 Å². The minimum atomic E-state index is -0.458. The summed E-state index contributed by atoms with van der Waals surface area (Å²) in [7, 11) is 1.68. The van der Waals surface area contributed by atoms with E-state index in [1.54, 1.807) is 54.6 Å². The van der Waals surface area contributed by atoms with Crippen molar-refractivity contribution >= 4 is 5.97 Å². The fraction of sp³-hybridized carbons (Fsp3) is 0.0769. The number of esters is 1. The second kappa shape index (κ2) is 4.96. The molecule has 7 heteroatoms. The van der Waals surface area contributed by atoms with Gasteiger partial charge in [-0.25, -0.2) is 9.48 Å². The predicted octanol–water partition coefficient (Wildman–Crippen LogP) is 1.22. The topological polar surface area (TPSA) is 74.8 Å². The highest BCUT2D eigenvalue weighted by molar-refractivity contribution is 5.89. The molecule has 0 unspecified atom stereocenters.